The summed E-state index contributed by atoms with van der Waals surface area (Å²) in [5.41, 5.74) is 0.786. The number of carbonyl (C=O) groups is 1. The molecular weight excluding hydrogens is 520 g/mol. The molecule has 3 aromatic carbocycles. The SMILES string of the molecule is CCOC(=O)c1ccc(OCCOc2c(-c3ccc(OC)c(OC)c3)oc3cc(OC)cc(OC)c3c2=O)cc1. The number of benzene rings is 3. The molecule has 0 spiro atoms. The van der Waals surface area contributed by atoms with Crippen LogP contribution in [0, 0.1) is 0 Å². The number of fused-ring (bicyclic) bond motifs is 1. The molecule has 4 rings (SSSR count). The molecule has 0 aliphatic rings. The van der Waals surface area contributed by atoms with Crippen molar-refractivity contribution in [2.45, 2.75) is 6.92 Å². The van der Waals surface area contributed by atoms with Crippen LogP contribution in [0.25, 0.3) is 22.3 Å². The molecule has 1 heterocycles. The molecule has 0 amide bonds. The van der Waals surface area contributed by atoms with E-state index in [9.17, 15) is 9.59 Å². The van der Waals surface area contributed by atoms with Gasteiger partial charge in [0.25, 0.3) is 0 Å². The van der Waals surface area contributed by atoms with E-state index in [0.29, 0.717) is 40.7 Å². The van der Waals surface area contributed by atoms with Gasteiger partial charge in [-0.25, -0.2) is 4.79 Å². The van der Waals surface area contributed by atoms with Gasteiger partial charge in [0.15, 0.2) is 17.3 Å². The fourth-order valence-electron chi connectivity index (χ4n) is 4.03. The number of carbonyl (C=O) groups excluding carboxylic acids is 1. The topological polar surface area (TPSA) is 112 Å². The highest BCUT2D eigenvalue weighted by molar-refractivity contribution is 5.90. The molecule has 40 heavy (non-hydrogen) atoms. The highest BCUT2D eigenvalue weighted by Gasteiger charge is 2.22. The average Bonchev–Trinajstić information content (AvgIpc) is 2.99. The average molecular weight is 551 g/mol. The van der Waals surface area contributed by atoms with Crippen LogP contribution >= 0.6 is 0 Å². The molecule has 0 N–H and O–H groups in total. The normalized spacial score (nSPS) is 10.6. The molecule has 0 aliphatic carbocycles. The largest absolute Gasteiger partial charge is 0.496 e. The Balaban J connectivity index is 1.66. The molecule has 0 saturated heterocycles. The van der Waals surface area contributed by atoms with E-state index in [2.05, 4.69) is 0 Å². The second-order valence-corrected chi connectivity index (χ2v) is 8.30. The zero-order chi connectivity index (χ0) is 28.6. The first-order chi connectivity index (χ1) is 19.4. The lowest BCUT2D eigenvalue weighted by Gasteiger charge is -2.15. The first kappa shape index (κ1) is 28.2. The standard InChI is InChI=1S/C30H30O10/c1-6-37-30(32)18-7-10-20(11-8-18)38-13-14-39-29-27(31)26-24(36-5)16-21(33-2)17-25(26)40-28(29)19-9-12-22(34-3)23(15-19)35-4/h7-12,15-17H,6,13-14H2,1-5H3. The van der Waals surface area contributed by atoms with Crippen LogP contribution in [0.4, 0.5) is 0 Å². The highest BCUT2D eigenvalue weighted by atomic mass is 16.5. The predicted molar refractivity (Wildman–Crippen MR) is 148 cm³/mol. The lowest BCUT2D eigenvalue weighted by Crippen LogP contribution is -2.16. The van der Waals surface area contributed by atoms with Crippen LogP contribution in [0.2, 0.25) is 0 Å². The first-order valence-corrected chi connectivity index (χ1v) is 12.4. The van der Waals surface area contributed by atoms with Crippen molar-refractivity contribution in [1.29, 1.82) is 0 Å². The van der Waals surface area contributed by atoms with Gasteiger partial charge in [0.1, 0.15) is 41.4 Å². The molecule has 1 aromatic heterocycles. The third-order valence-corrected chi connectivity index (χ3v) is 5.96. The van der Waals surface area contributed by atoms with E-state index in [1.54, 1.807) is 61.5 Å². The minimum atomic E-state index is -0.427. The van der Waals surface area contributed by atoms with Gasteiger partial charge in [-0.2, -0.15) is 0 Å². The Morgan fingerprint density at radius 3 is 2.10 bits per heavy atom. The van der Waals surface area contributed by atoms with Crippen molar-refractivity contribution >= 4 is 16.9 Å². The summed E-state index contributed by atoms with van der Waals surface area (Å²) in [5.74, 6) is 1.99. The van der Waals surface area contributed by atoms with E-state index >= 15 is 0 Å². The van der Waals surface area contributed by atoms with Gasteiger partial charge >= 0.3 is 5.97 Å². The van der Waals surface area contributed by atoms with Crippen molar-refractivity contribution in [3.63, 3.8) is 0 Å². The third-order valence-electron chi connectivity index (χ3n) is 5.96. The molecule has 4 aromatic rings. The fraction of sp³-hybridized carbons (Fsp3) is 0.267. The van der Waals surface area contributed by atoms with Crippen LogP contribution in [0.5, 0.6) is 34.5 Å². The zero-order valence-corrected chi connectivity index (χ0v) is 22.9. The van der Waals surface area contributed by atoms with Crippen LogP contribution in [0.1, 0.15) is 17.3 Å². The van der Waals surface area contributed by atoms with E-state index in [1.165, 1.54) is 28.4 Å². The summed E-state index contributed by atoms with van der Waals surface area (Å²) in [5, 5.41) is 0.206. The molecule has 0 radical (unpaired) electrons. The monoisotopic (exact) mass is 550 g/mol. The van der Waals surface area contributed by atoms with Crippen LogP contribution in [0.15, 0.2) is 63.8 Å². The van der Waals surface area contributed by atoms with Gasteiger partial charge in [0.2, 0.25) is 11.2 Å². The molecule has 0 unspecified atom stereocenters. The van der Waals surface area contributed by atoms with E-state index < -0.39 is 11.4 Å². The van der Waals surface area contributed by atoms with Gasteiger partial charge in [-0.15, -0.1) is 0 Å². The zero-order valence-electron chi connectivity index (χ0n) is 22.9. The molecule has 0 atom stereocenters. The molecule has 0 saturated carbocycles. The Hall–Kier alpha value is -4.86. The van der Waals surface area contributed by atoms with Gasteiger partial charge in [-0.3, -0.25) is 4.79 Å². The highest BCUT2D eigenvalue weighted by Crippen LogP contribution is 2.39. The van der Waals surface area contributed by atoms with Crippen LogP contribution in [-0.2, 0) is 4.74 Å². The summed E-state index contributed by atoms with van der Waals surface area (Å²) < 4.78 is 44.5. The minimum Gasteiger partial charge on any atom is -0.496 e. The maximum Gasteiger partial charge on any atom is 0.338 e. The number of esters is 1. The van der Waals surface area contributed by atoms with Gasteiger partial charge in [-0.05, 0) is 49.4 Å². The number of hydrogen-bond donors (Lipinski definition) is 0. The molecule has 0 fully saturated rings. The van der Waals surface area contributed by atoms with Crippen molar-refractivity contribution < 1.29 is 42.4 Å². The van der Waals surface area contributed by atoms with Crippen molar-refractivity contribution in [1.82, 2.24) is 0 Å². The summed E-state index contributed by atoms with van der Waals surface area (Å²) in [6.45, 7) is 2.17. The predicted octanol–water partition coefficient (Wildman–Crippen LogP) is 5.13. The Kier molecular flexibility index (Phi) is 9.00. The van der Waals surface area contributed by atoms with Crippen molar-refractivity contribution in [3.05, 3.63) is 70.4 Å². The lowest BCUT2D eigenvalue weighted by molar-refractivity contribution is 0.0526. The second-order valence-electron chi connectivity index (χ2n) is 8.30. The second kappa shape index (κ2) is 12.8. The molecule has 0 bridgehead atoms. The lowest BCUT2D eigenvalue weighted by atomic mass is 10.1. The Morgan fingerprint density at radius 2 is 1.45 bits per heavy atom. The minimum absolute atomic E-state index is 0.0225. The van der Waals surface area contributed by atoms with Gasteiger partial charge < -0.3 is 37.6 Å². The van der Waals surface area contributed by atoms with Crippen LogP contribution in [0.3, 0.4) is 0 Å². The van der Waals surface area contributed by atoms with E-state index in [1.807, 2.05) is 0 Å². The summed E-state index contributed by atoms with van der Waals surface area (Å²) in [4.78, 5) is 25.6. The fourth-order valence-corrected chi connectivity index (χ4v) is 4.03. The van der Waals surface area contributed by atoms with Gasteiger partial charge in [-0.1, -0.05) is 0 Å². The first-order valence-electron chi connectivity index (χ1n) is 12.4. The third kappa shape index (κ3) is 5.90. The summed E-state index contributed by atoms with van der Waals surface area (Å²) in [7, 11) is 6.01. The van der Waals surface area contributed by atoms with E-state index in [-0.39, 0.29) is 41.4 Å². The maximum absolute atomic E-state index is 13.8. The summed E-state index contributed by atoms with van der Waals surface area (Å²) >= 11 is 0. The smallest absolute Gasteiger partial charge is 0.338 e. The Bertz CT molecular complexity index is 1540. The molecule has 210 valence electrons. The van der Waals surface area contributed by atoms with Gasteiger partial charge in [0.05, 0.1) is 40.6 Å². The Labute approximate surface area is 230 Å². The molecule has 10 heteroatoms. The van der Waals surface area contributed by atoms with Crippen molar-refractivity contribution in [2.75, 3.05) is 48.3 Å². The van der Waals surface area contributed by atoms with Gasteiger partial charge in [0, 0.05) is 17.7 Å². The summed E-state index contributed by atoms with van der Waals surface area (Å²) in [6.07, 6.45) is 0. The van der Waals surface area contributed by atoms with Crippen LogP contribution < -0.4 is 33.8 Å². The Morgan fingerprint density at radius 1 is 0.750 bits per heavy atom. The molecule has 0 aliphatic heterocycles. The number of methoxy groups -OCH3 is 4. The maximum atomic E-state index is 13.8. The number of hydrogen-bond acceptors (Lipinski definition) is 10. The van der Waals surface area contributed by atoms with E-state index in [0.717, 1.165) is 0 Å². The summed E-state index contributed by atoms with van der Waals surface area (Å²) in [6, 6.07) is 14.9. The van der Waals surface area contributed by atoms with Crippen molar-refractivity contribution in [2.24, 2.45) is 0 Å². The quantitative estimate of drug-likeness (QED) is 0.174. The van der Waals surface area contributed by atoms with Crippen LogP contribution in [-0.4, -0.2) is 54.2 Å². The van der Waals surface area contributed by atoms with Crippen molar-refractivity contribution in [3.8, 4) is 45.8 Å². The molecular formula is C30H30O10. The number of rotatable bonds is 12. The van der Waals surface area contributed by atoms with E-state index in [4.69, 9.17) is 37.6 Å². The molecule has 10 nitrogen and oxygen atoms in total. The number of ether oxygens (including phenoxy) is 7.